The van der Waals surface area contributed by atoms with Crippen molar-refractivity contribution in [3.05, 3.63) is 71.2 Å². The summed E-state index contributed by atoms with van der Waals surface area (Å²) in [5.74, 6) is 1.08. The average Bonchev–Trinajstić information content (AvgIpc) is 3.41. The number of aromatic amines is 1. The van der Waals surface area contributed by atoms with Crippen molar-refractivity contribution in [3.63, 3.8) is 0 Å². The molecule has 0 spiro atoms. The van der Waals surface area contributed by atoms with Gasteiger partial charge in [0.05, 0.1) is 6.54 Å². The van der Waals surface area contributed by atoms with E-state index in [1.54, 1.807) is 12.1 Å². The Kier molecular flexibility index (Phi) is 4.98. The van der Waals surface area contributed by atoms with E-state index in [1.807, 2.05) is 47.4 Å². The highest BCUT2D eigenvalue weighted by atomic mass is 35.5. The van der Waals surface area contributed by atoms with E-state index >= 15 is 0 Å². The van der Waals surface area contributed by atoms with Crippen LogP contribution in [0.3, 0.4) is 0 Å². The number of hydrogen-bond donors (Lipinski definition) is 1. The van der Waals surface area contributed by atoms with Crippen LogP contribution >= 0.6 is 11.6 Å². The molecule has 0 bridgehead atoms. The third kappa shape index (κ3) is 3.81. The molecule has 1 aliphatic rings. The van der Waals surface area contributed by atoms with Gasteiger partial charge >= 0.3 is 0 Å². The number of nitrogens with one attached hydrogen (secondary N) is 1. The van der Waals surface area contributed by atoms with Crippen LogP contribution in [0.5, 0.6) is 0 Å². The van der Waals surface area contributed by atoms with E-state index < -0.39 is 0 Å². The Balaban J connectivity index is 1.19. The summed E-state index contributed by atoms with van der Waals surface area (Å²) in [5, 5.41) is 10.0. The van der Waals surface area contributed by atoms with Crippen molar-refractivity contribution >= 4 is 28.4 Å². The van der Waals surface area contributed by atoms with Crippen LogP contribution < -0.4 is 0 Å². The lowest BCUT2D eigenvalue weighted by atomic mass is 10.2. The van der Waals surface area contributed by atoms with Gasteiger partial charge in [0.25, 0.3) is 5.91 Å². The number of hydrogen-bond acceptors (Lipinski definition) is 5. The zero-order valence-electron chi connectivity index (χ0n) is 16.2. The van der Waals surface area contributed by atoms with E-state index in [0.29, 0.717) is 42.1 Å². The number of fused-ring (bicyclic) bond motifs is 1. The summed E-state index contributed by atoms with van der Waals surface area (Å²) in [6.45, 7) is 3.39. The Morgan fingerprint density at radius 1 is 1.03 bits per heavy atom. The summed E-state index contributed by atoms with van der Waals surface area (Å²) in [5.41, 5.74) is 2.45. The number of benzene rings is 2. The fourth-order valence-corrected chi connectivity index (χ4v) is 3.81. The Labute approximate surface area is 178 Å². The third-order valence-corrected chi connectivity index (χ3v) is 5.59. The van der Waals surface area contributed by atoms with Crippen LogP contribution in [0.15, 0.2) is 59.0 Å². The van der Waals surface area contributed by atoms with Crippen LogP contribution in [0.2, 0.25) is 5.02 Å². The first-order valence-corrected chi connectivity index (χ1v) is 10.2. The number of H-pyrrole nitrogens is 1. The van der Waals surface area contributed by atoms with Crippen molar-refractivity contribution in [1.82, 2.24) is 25.0 Å². The van der Waals surface area contributed by atoms with Crippen LogP contribution in [0.1, 0.15) is 16.4 Å². The summed E-state index contributed by atoms with van der Waals surface area (Å²) in [6.07, 6.45) is 0. The minimum absolute atomic E-state index is 0.0358. The molecule has 1 saturated heterocycles. The van der Waals surface area contributed by atoms with Crippen LogP contribution in [-0.2, 0) is 6.54 Å². The molecule has 4 aromatic rings. The minimum Gasteiger partial charge on any atom is -0.419 e. The van der Waals surface area contributed by atoms with Crippen LogP contribution in [0.4, 0.5) is 0 Å². The zero-order chi connectivity index (χ0) is 20.5. The molecule has 0 saturated carbocycles. The van der Waals surface area contributed by atoms with Gasteiger partial charge in [0.1, 0.15) is 5.69 Å². The molecular weight excluding hydrogens is 402 g/mol. The van der Waals surface area contributed by atoms with E-state index in [2.05, 4.69) is 20.1 Å². The van der Waals surface area contributed by atoms with E-state index in [-0.39, 0.29) is 5.91 Å². The third-order valence-electron chi connectivity index (χ3n) is 5.34. The molecule has 3 heterocycles. The number of carbonyl (C=O) groups is 1. The summed E-state index contributed by atoms with van der Waals surface area (Å²) in [6, 6.07) is 17.1. The Hall–Kier alpha value is -3.16. The molecule has 1 aliphatic heterocycles. The number of halogens is 1. The van der Waals surface area contributed by atoms with Gasteiger partial charge in [0.2, 0.25) is 11.8 Å². The average molecular weight is 422 g/mol. The topological polar surface area (TPSA) is 78.3 Å². The van der Waals surface area contributed by atoms with Gasteiger partial charge in [-0.15, -0.1) is 10.2 Å². The van der Waals surface area contributed by atoms with Crippen molar-refractivity contribution < 1.29 is 9.21 Å². The predicted molar refractivity (Wildman–Crippen MR) is 114 cm³/mol. The fraction of sp³-hybridized carbons (Fsp3) is 0.227. The molecule has 0 radical (unpaired) electrons. The summed E-state index contributed by atoms with van der Waals surface area (Å²) in [4.78, 5) is 20.2. The number of para-hydroxylation sites is 1. The van der Waals surface area contributed by atoms with Crippen LogP contribution in [0, 0.1) is 0 Å². The fourth-order valence-electron chi connectivity index (χ4n) is 3.69. The van der Waals surface area contributed by atoms with Gasteiger partial charge in [-0.1, -0.05) is 29.8 Å². The van der Waals surface area contributed by atoms with E-state index in [1.165, 1.54) is 0 Å². The second kappa shape index (κ2) is 7.93. The molecule has 2 aromatic carbocycles. The van der Waals surface area contributed by atoms with Gasteiger partial charge in [-0.3, -0.25) is 9.69 Å². The van der Waals surface area contributed by atoms with Gasteiger partial charge in [-0.2, -0.15) is 0 Å². The first kappa shape index (κ1) is 18.8. The second-order valence-electron chi connectivity index (χ2n) is 7.35. The van der Waals surface area contributed by atoms with Gasteiger partial charge in [0.15, 0.2) is 0 Å². The smallest absolute Gasteiger partial charge is 0.270 e. The molecule has 8 heteroatoms. The lowest BCUT2D eigenvalue weighted by Gasteiger charge is -2.33. The first-order chi connectivity index (χ1) is 14.7. The summed E-state index contributed by atoms with van der Waals surface area (Å²) in [7, 11) is 0. The lowest BCUT2D eigenvalue weighted by molar-refractivity contribution is 0.0613. The van der Waals surface area contributed by atoms with Gasteiger partial charge in [-0.25, -0.2) is 0 Å². The first-order valence-electron chi connectivity index (χ1n) is 9.83. The van der Waals surface area contributed by atoms with E-state index in [9.17, 15) is 4.79 Å². The molecule has 2 aromatic heterocycles. The highest BCUT2D eigenvalue weighted by Gasteiger charge is 2.24. The molecule has 5 rings (SSSR count). The predicted octanol–water partition coefficient (Wildman–Crippen LogP) is 3.83. The largest absolute Gasteiger partial charge is 0.419 e. The maximum Gasteiger partial charge on any atom is 0.270 e. The highest BCUT2D eigenvalue weighted by Crippen LogP contribution is 2.21. The molecule has 0 aliphatic carbocycles. The number of piperazine rings is 1. The standard InChI is InChI=1S/C22H20ClN5O2/c23-17-7-5-15(6-8-17)21-26-25-20(30-21)14-27-9-11-28(12-10-27)22(29)19-13-16-3-1-2-4-18(16)24-19/h1-8,13,24H,9-12,14H2. The molecule has 1 amide bonds. The molecular formula is C22H20ClN5O2. The summed E-state index contributed by atoms with van der Waals surface area (Å²) < 4.78 is 5.80. The van der Waals surface area contributed by atoms with Crippen molar-refractivity contribution in [2.75, 3.05) is 26.2 Å². The minimum atomic E-state index is 0.0358. The molecule has 152 valence electrons. The number of aromatic nitrogens is 3. The maximum absolute atomic E-state index is 12.8. The number of rotatable bonds is 4. The van der Waals surface area contributed by atoms with Gasteiger partial charge in [0, 0.05) is 47.7 Å². The second-order valence-corrected chi connectivity index (χ2v) is 7.78. The van der Waals surface area contributed by atoms with Crippen LogP contribution in [0.25, 0.3) is 22.4 Å². The zero-order valence-corrected chi connectivity index (χ0v) is 17.0. The molecule has 0 unspecified atom stereocenters. The maximum atomic E-state index is 12.8. The monoisotopic (exact) mass is 421 g/mol. The normalized spacial score (nSPS) is 15.0. The molecule has 1 N–H and O–H groups in total. The molecule has 7 nitrogen and oxygen atoms in total. The molecule has 30 heavy (non-hydrogen) atoms. The van der Waals surface area contributed by atoms with E-state index in [0.717, 1.165) is 29.6 Å². The van der Waals surface area contributed by atoms with Crippen LogP contribution in [-0.4, -0.2) is 57.1 Å². The Bertz CT molecular complexity index is 1140. The van der Waals surface area contributed by atoms with Crippen molar-refractivity contribution in [2.45, 2.75) is 6.54 Å². The van der Waals surface area contributed by atoms with Gasteiger partial charge in [-0.05, 0) is 36.4 Å². The Morgan fingerprint density at radius 2 is 1.80 bits per heavy atom. The lowest BCUT2D eigenvalue weighted by Crippen LogP contribution is -2.48. The van der Waals surface area contributed by atoms with Crippen molar-refractivity contribution in [2.24, 2.45) is 0 Å². The van der Waals surface area contributed by atoms with Gasteiger partial charge < -0.3 is 14.3 Å². The number of carbonyl (C=O) groups excluding carboxylic acids is 1. The highest BCUT2D eigenvalue weighted by molar-refractivity contribution is 6.30. The number of nitrogens with zero attached hydrogens (tertiary/aromatic N) is 4. The van der Waals surface area contributed by atoms with Crippen molar-refractivity contribution in [1.29, 1.82) is 0 Å². The Morgan fingerprint density at radius 3 is 2.57 bits per heavy atom. The molecule has 1 fully saturated rings. The van der Waals surface area contributed by atoms with E-state index in [4.69, 9.17) is 16.0 Å². The number of amides is 1. The quantitative estimate of drug-likeness (QED) is 0.541. The SMILES string of the molecule is O=C(c1cc2ccccc2[nH]1)N1CCN(Cc2nnc(-c3ccc(Cl)cc3)o2)CC1. The molecule has 0 atom stereocenters. The van der Waals surface area contributed by atoms with Crippen molar-refractivity contribution in [3.8, 4) is 11.5 Å². The summed E-state index contributed by atoms with van der Waals surface area (Å²) >= 11 is 5.92.